The molecular weight excluding hydrogens is 280 g/mol. The molecule has 6 heteroatoms. The normalized spacial score (nSPS) is 18.3. The Morgan fingerprint density at radius 3 is 2.68 bits per heavy atom. The zero-order chi connectivity index (χ0) is 16.2. The SMILES string of the molecule is COC(CNC(=O)N1CCC(c2ccn[nH]2)CC1)C(C)(C)C. The van der Waals surface area contributed by atoms with Gasteiger partial charge in [-0.1, -0.05) is 20.8 Å². The first-order valence-corrected chi connectivity index (χ1v) is 7.96. The van der Waals surface area contributed by atoms with Gasteiger partial charge in [0.2, 0.25) is 0 Å². The molecule has 1 aliphatic heterocycles. The summed E-state index contributed by atoms with van der Waals surface area (Å²) in [4.78, 5) is 14.2. The molecule has 0 radical (unpaired) electrons. The zero-order valence-electron chi connectivity index (χ0n) is 14.1. The lowest BCUT2D eigenvalue weighted by molar-refractivity contribution is 0.0184. The smallest absolute Gasteiger partial charge is 0.317 e. The third-order valence-corrected chi connectivity index (χ3v) is 4.43. The van der Waals surface area contributed by atoms with Crippen molar-refractivity contribution in [2.24, 2.45) is 5.41 Å². The molecule has 0 bridgehead atoms. The van der Waals surface area contributed by atoms with Crippen molar-refractivity contribution in [1.29, 1.82) is 0 Å². The Balaban J connectivity index is 1.78. The number of hydrogen-bond acceptors (Lipinski definition) is 3. The number of carbonyl (C=O) groups is 1. The maximum Gasteiger partial charge on any atom is 0.317 e. The van der Waals surface area contributed by atoms with Gasteiger partial charge in [0.15, 0.2) is 0 Å². The van der Waals surface area contributed by atoms with E-state index in [2.05, 4.69) is 36.3 Å². The van der Waals surface area contributed by atoms with Gasteiger partial charge in [-0.05, 0) is 24.3 Å². The van der Waals surface area contributed by atoms with Crippen LogP contribution in [0.3, 0.4) is 0 Å². The van der Waals surface area contributed by atoms with E-state index in [-0.39, 0.29) is 17.6 Å². The first-order valence-electron chi connectivity index (χ1n) is 7.96. The fourth-order valence-electron chi connectivity index (χ4n) is 2.92. The van der Waals surface area contributed by atoms with E-state index in [0.717, 1.165) is 25.9 Å². The molecule has 0 aromatic carbocycles. The van der Waals surface area contributed by atoms with Gasteiger partial charge in [-0.2, -0.15) is 5.10 Å². The van der Waals surface area contributed by atoms with Crippen LogP contribution in [0.25, 0.3) is 0 Å². The monoisotopic (exact) mass is 308 g/mol. The van der Waals surface area contributed by atoms with Crippen LogP contribution in [-0.4, -0.2) is 54.0 Å². The number of nitrogens with one attached hydrogen (secondary N) is 2. The minimum Gasteiger partial charge on any atom is -0.379 e. The molecule has 0 spiro atoms. The summed E-state index contributed by atoms with van der Waals surface area (Å²) in [5.41, 5.74) is 1.18. The minimum absolute atomic E-state index is 0.00867. The Kier molecular flexibility index (Phi) is 5.45. The number of methoxy groups -OCH3 is 1. The maximum absolute atomic E-state index is 12.3. The maximum atomic E-state index is 12.3. The van der Waals surface area contributed by atoms with Crippen molar-refractivity contribution in [3.63, 3.8) is 0 Å². The molecule has 1 saturated heterocycles. The van der Waals surface area contributed by atoms with Crippen LogP contribution in [0.5, 0.6) is 0 Å². The van der Waals surface area contributed by atoms with Gasteiger partial charge in [-0.15, -0.1) is 0 Å². The minimum atomic E-state index is 0.00867. The predicted octanol–water partition coefficient (Wildman–Crippen LogP) is 2.36. The third-order valence-electron chi connectivity index (χ3n) is 4.43. The lowest BCUT2D eigenvalue weighted by Crippen LogP contribution is -2.48. The molecule has 1 atom stereocenters. The predicted molar refractivity (Wildman–Crippen MR) is 85.8 cm³/mol. The van der Waals surface area contributed by atoms with E-state index in [1.807, 2.05) is 11.0 Å². The molecule has 6 nitrogen and oxygen atoms in total. The molecule has 0 aliphatic carbocycles. The van der Waals surface area contributed by atoms with Crippen molar-refractivity contribution < 1.29 is 9.53 Å². The summed E-state index contributed by atoms with van der Waals surface area (Å²) in [7, 11) is 1.69. The Bertz CT molecular complexity index is 459. The summed E-state index contributed by atoms with van der Waals surface area (Å²) in [5.74, 6) is 0.479. The Morgan fingerprint density at radius 1 is 1.50 bits per heavy atom. The quantitative estimate of drug-likeness (QED) is 0.897. The van der Waals surface area contributed by atoms with Crippen LogP contribution in [0, 0.1) is 5.41 Å². The number of nitrogens with zero attached hydrogens (tertiary/aromatic N) is 2. The van der Waals surface area contributed by atoms with Gasteiger partial charge in [0, 0.05) is 44.6 Å². The van der Waals surface area contributed by atoms with Crippen LogP contribution in [-0.2, 0) is 4.74 Å². The Labute approximate surface area is 132 Å². The molecule has 2 rings (SSSR count). The summed E-state index contributed by atoms with van der Waals surface area (Å²) >= 11 is 0. The molecule has 2 heterocycles. The van der Waals surface area contributed by atoms with Crippen molar-refractivity contribution in [1.82, 2.24) is 20.4 Å². The highest BCUT2D eigenvalue weighted by atomic mass is 16.5. The van der Waals surface area contributed by atoms with Gasteiger partial charge in [-0.3, -0.25) is 5.10 Å². The van der Waals surface area contributed by atoms with Crippen molar-refractivity contribution in [2.45, 2.75) is 45.6 Å². The number of carbonyl (C=O) groups excluding carboxylic acids is 1. The highest BCUT2D eigenvalue weighted by Crippen LogP contribution is 2.26. The van der Waals surface area contributed by atoms with E-state index in [9.17, 15) is 4.79 Å². The molecule has 1 aliphatic rings. The highest BCUT2D eigenvalue weighted by Gasteiger charge is 2.27. The molecule has 1 aromatic rings. The first kappa shape index (κ1) is 16.8. The van der Waals surface area contributed by atoms with Crippen molar-refractivity contribution >= 4 is 6.03 Å². The van der Waals surface area contributed by atoms with Crippen LogP contribution in [0.15, 0.2) is 12.3 Å². The largest absolute Gasteiger partial charge is 0.379 e. The van der Waals surface area contributed by atoms with E-state index in [0.29, 0.717) is 12.5 Å². The van der Waals surface area contributed by atoms with Crippen molar-refractivity contribution in [3.05, 3.63) is 18.0 Å². The fraction of sp³-hybridized carbons (Fsp3) is 0.750. The number of rotatable bonds is 4. The number of hydrogen-bond donors (Lipinski definition) is 2. The summed E-state index contributed by atoms with van der Waals surface area (Å²) < 4.78 is 5.47. The van der Waals surface area contributed by atoms with E-state index >= 15 is 0 Å². The van der Waals surface area contributed by atoms with Gasteiger partial charge in [0.05, 0.1) is 6.10 Å². The molecule has 1 fully saturated rings. The molecule has 1 aromatic heterocycles. The van der Waals surface area contributed by atoms with E-state index in [1.54, 1.807) is 13.3 Å². The van der Waals surface area contributed by atoms with Gasteiger partial charge >= 0.3 is 6.03 Å². The van der Waals surface area contributed by atoms with Crippen LogP contribution in [0.4, 0.5) is 4.79 Å². The van der Waals surface area contributed by atoms with Gasteiger partial charge in [0.25, 0.3) is 0 Å². The topological polar surface area (TPSA) is 70.2 Å². The zero-order valence-corrected chi connectivity index (χ0v) is 14.1. The number of urea groups is 1. The molecule has 2 N–H and O–H groups in total. The van der Waals surface area contributed by atoms with Gasteiger partial charge < -0.3 is 15.0 Å². The third kappa shape index (κ3) is 4.22. The van der Waals surface area contributed by atoms with E-state index < -0.39 is 0 Å². The molecular formula is C16H28N4O2. The Hall–Kier alpha value is -1.56. The Morgan fingerprint density at radius 2 is 2.18 bits per heavy atom. The number of H-pyrrole nitrogens is 1. The summed E-state index contributed by atoms with van der Waals surface area (Å²) in [6.45, 7) is 8.44. The second-order valence-corrected chi connectivity index (χ2v) is 7.05. The average molecular weight is 308 g/mol. The first-order chi connectivity index (χ1) is 10.4. The van der Waals surface area contributed by atoms with Gasteiger partial charge in [0.1, 0.15) is 0 Å². The van der Waals surface area contributed by atoms with E-state index in [1.165, 1.54) is 5.69 Å². The molecule has 1 unspecified atom stereocenters. The number of ether oxygens (including phenoxy) is 1. The lowest BCUT2D eigenvalue weighted by atomic mass is 9.89. The van der Waals surface area contributed by atoms with Gasteiger partial charge in [-0.25, -0.2) is 4.79 Å². The number of aromatic amines is 1. The van der Waals surface area contributed by atoms with Crippen LogP contribution in [0.1, 0.15) is 45.2 Å². The van der Waals surface area contributed by atoms with Crippen molar-refractivity contribution in [2.75, 3.05) is 26.7 Å². The fourth-order valence-corrected chi connectivity index (χ4v) is 2.92. The summed E-state index contributed by atoms with van der Waals surface area (Å²) in [6.07, 6.45) is 3.75. The standard InChI is InChI=1S/C16H28N4O2/c1-16(2,3)14(22-4)11-17-15(21)20-9-6-12(7-10-20)13-5-8-18-19-13/h5,8,12,14H,6-7,9-11H2,1-4H3,(H,17,21)(H,18,19). The number of aromatic nitrogens is 2. The highest BCUT2D eigenvalue weighted by molar-refractivity contribution is 5.74. The molecule has 0 saturated carbocycles. The summed E-state index contributed by atoms with van der Waals surface area (Å²) in [6, 6.07) is 2.03. The lowest BCUT2D eigenvalue weighted by Gasteiger charge is -2.33. The average Bonchev–Trinajstić information content (AvgIpc) is 3.00. The molecule has 22 heavy (non-hydrogen) atoms. The molecule has 2 amide bonds. The number of piperidine rings is 1. The second-order valence-electron chi connectivity index (χ2n) is 7.05. The van der Waals surface area contributed by atoms with E-state index in [4.69, 9.17) is 4.74 Å². The van der Waals surface area contributed by atoms with Crippen molar-refractivity contribution in [3.8, 4) is 0 Å². The number of amides is 2. The molecule has 124 valence electrons. The van der Waals surface area contributed by atoms with Crippen LogP contribution < -0.4 is 5.32 Å². The summed E-state index contributed by atoms with van der Waals surface area (Å²) in [5, 5.41) is 10.0. The van der Waals surface area contributed by atoms with Crippen LogP contribution >= 0.6 is 0 Å². The second kappa shape index (κ2) is 7.13. The number of likely N-dealkylation sites (tertiary alicyclic amines) is 1. The van der Waals surface area contributed by atoms with Crippen LogP contribution in [0.2, 0.25) is 0 Å².